The third kappa shape index (κ3) is 4.55. The predicted octanol–water partition coefficient (Wildman–Crippen LogP) is 2.84. The first-order valence-electron chi connectivity index (χ1n) is 11.8. The number of piperidine rings is 1. The number of carbonyl (C=O) groups excluding carboxylic acids is 1. The molecular weight excluding hydrogens is 414 g/mol. The molecule has 0 saturated carbocycles. The lowest BCUT2D eigenvalue weighted by Gasteiger charge is -2.40. The molecule has 2 aliphatic rings. The van der Waals surface area contributed by atoms with E-state index in [9.17, 15) is 4.79 Å². The third-order valence-electron chi connectivity index (χ3n) is 6.80. The summed E-state index contributed by atoms with van der Waals surface area (Å²) in [5, 5.41) is 8.76. The maximum Gasteiger partial charge on any atom is 0.227 e. The zero-order chi connectivity index (χ0) is 22.8. The Morgan fingerprint density at radius 3 is 2.45 bits per heavy atom. The molecule has 0 bridgehead atoms. The van der Waals surface area contributed by atoms with Crippen molar-refractivity contribution >= 4 is 17.4 Å². The van der Waals surface area contributed by atoms with Crippen LogP contribution in [0, 0.1) is 19.8 Å². The average Bonchev–Trinajstić information content (AvgIpc) is 3.41. The van der Waals surface area contributed by atoms with Gasteiger partial charge in [0.15, 0.2) is 11.6 Å². The quantitative estimate of drug-likeness (QED) is 0.615. The van der Waals surface area contributed by atoms with Gasteiger partial charge in [-0.2, -0.15) is 0 Å². The van der Waals surface area contributed by atoms with E-state index in [2.05, 4.69) is 61.9 Å². The fourth-order valence-electron chi connectivity index (χ4n) is 4.89. The van der Waals surface area contributed by atoms with E-state index in [1.807, 2.05) is 22.9 Å². The van der Waals surface area contributed by atoms with E-state index in [0.29, 0.717) is 6.54 Å². The van der Waals surface area contributed by atoms with Crippen LogP contribution in [0.5, 0.6) is 0 Å². The largest absolute Gasteiger partial charge is 0.368 e. The molecule has 4 heterocycles. The van der Waals surface area contributed by atoms with Crippen molar-refractivity contribution in [3.8, 4) is 5.82 Å². The normalized spacial score (nSPS) is 19.1. The number of aryl methyl sites for hydroxylation is 2. The van der Waals surface area contributed by atoms with E-state index >= 15 is 0 Å². The maximum absolute atomic E-state index is 13.3. The Bertz CT molecular complexity index is 1090. The van der Waals surface area contributed by atoms with Crippen LogP contribution in [0.2, 0.25) is 0 Å². The summed E-state index contributed by atoms with van der Waals surface area (Å²) in [7, 11) is 0. The SMILES string of the molecule is Cc1ccc(C)c(N2CCN(C(=O)C3CCCN(c4ccc(-n5ccnc5)nn4)C3)CC2)c1. The first kappa shape index (κ1) is 21.4. The van der Waals surface area contributed by atoms with Gasteiger partial charge >= 0.3 is 0 Å². The van der Waals surface area contributed by atoms with Crippen LogP contribution in [0.15, 0.2) is 49.1 Å². The lowest BCUT2D eigenvalue weighted by Crippen LogP contribution is -2.52. The summed E-state index contributed by atoms with van der Waals surface area (Å²) in [5.41, 5.74) is 3.87. The van der Waals surface area contributed by atoms with Crippen molar-refractivity contribution < 1.29 is 4.79 Å². The summed E-state index contributed by atoms with van der Waals surface area (Å²) in [6, 6.07) is 10.5. The van der Waals surface area contributed by atoms with Gasteiger partial charge in [-0.25, -0.2) is 4.98 Å². The number of carbonyl (C=O) groups is 1. The van der Waals surface area contributed by atoms with Crippen LogP contribution in [-0.2, 0) is 4.79 Å². The van der Waals surface area contributed by atoms with E-state index in [0.717, 1.165) is 57.2 Å². The highest BCUT2D eigenvalue weighted by molar-refractivity contribution is 5.80. The van der Waals surface area contributed by atoms with Gasteiger partial charge in [-0.1, -0.05) is 12.1 Å². The monoisotopic (exact) mass is 445 g/mol. The lowest BCUT2D eigenvalue weighted by molar-refractivity contribution is -0.136. The molecule has 2 aromatic heterocycles. The first-order valence-corrected chi connectivity index (χ1v) is 11.8. The molecule has 8 heteroatoms. The van der Waals surface area contributed by atoms with Gasteiger partial charge in [0.1, 0.15) is 6.33 Å². The minimum atomic E-state index is 0.0149. The second kappa shape index (κ2) is 9.21. The number of imidazole rings is 1. The minimum Gasteiger partial charge on any atom is -0.368 e. The highest BCUT2D eigenvalue weighted by Crippen LogP contribution is 2.26. The van der Waals surface area contributed by atoms with Crippen LogP contribution in [0.1, 0.15) is 24.0 Å². The summed E-state index contributed by atoms with van der Waals surface area (Å²) in [5.74, 6) is 1.86. The van der Waals surface area contributed by atoms with Crippen LogP contribution in [0.3, 0.4) is 0 Å². The van der Waals surface area contributed by atoms with E-state index in [1.165, 1.54) is 16.8 Å². The number of hydrogen-bond acceptors (Lipinski definition) is 6. The van der Waals surface area contributed by atoms with Crippen molar-refractivity contribution in [1.82, 2.24) is 24.6 Å². The summed E-state index contributed by atoms with van der Waals surface area (Å²) >= 11 is 0. The zero-order valence-corrected chi connectivity index (χ0v) is 19.4. The molecule has 0 N–H and O–H groups in total. The van der Waals surface area contributed by atoms with Crippen LogP contribution in [-0.4, -0.2) is 69.8 Å². The van der Waals surface area contributed by atoms with Crippen LogP contribution < -0.4 is 9.80 Å². The molecule has 2 fully saturated rings. The molecule has 0 aliphatic carbocycles. The van der Waals surface area contributed by atoms with E-state index in [1.54, 1.807) is 12.5 Å². The predicted molar refractivity (Wildman–Crippen MR) is 129 cm³/mol. The van der Waals surface area contributed by atoms with Crippen LogP contribution >= 0.6 is 0 Å². The first-order chi connectivity index (χ1) is 16.1. The van der Waals surface area contributed by atoms with Crippen LogP contribution in [0.4, 0.5) is 11.5 Å². The van der Waals surface area contributed by atoms with E-state index in [-0.39, 0.29) is 11.8 Å². The average molecular weight is 446 g/mol. The fraction of sp³-hybridized carbons (Fsp3) is 0.440. The van der Waals surface area contributed by atoms with Gasteiger partial charge in [-0.3, -0.25) is 9.36 Å². The molecule has 2 aliphatic heterocycles. The molecule has 1 amide bonds. The second-order valence-electron chi connectivity index (χ2n) is 9.11. The molecule has 1 aromatic carbocycles. The van der Waals surface area contributed by atoms with Crippen molar-refractivity contribution in [2.45, 2.75) is 26.7 Å². The van der Waals surface area contributed by atoms with Gasteiger partial charge in [-0.05, 0) is 56.0 Å². The number of hydrogen-bond donors (Lipinski definition) is 0. The molecule has 5 rings (SSSR count). The van der Waals surface area contributed by atoms with Gasteiger partial charge in [-0.15, -0.1) is 10.2 Å². The number of anilines is 2. The van der Waals surface area contributed by atoms with Gasteiger partial charge in [0.05, 0.1) is 5.92 Å². The van der Waals surface area contributed by atoms with Crippen molar-refractivity contribution in [3.05, 3.63) is 60.2 Å². The van der Waals surface area contributed by atoms with Crippen LogP contribution in [0.25, 0.3) is 5.82 Å². The Labute approximate surface area is 194 Å². The smallest absolute Gasteiger partial charge is 0.227 e. The van der Waals surface area contributed by atoms with Crippen molar-refractivity contribution in [3.63, 3.8) is 0 Å². The molecular formula is C25H31N7O. The molecule has 0 radical (unpaired) electrons. The lowest BCUT2D eigenvalue weighted by atomic mass is 9.96. The molecule has 172 valence electrons. The Morgan fingerprint density at radius 1 is 0.939 bits per heavy atom. The Kier molecular flexibility index (Phi) is 5.98. The van der Waals surface area contributed by atoms with Crippen molar-refractivity contribution in [2.75, 3.05) is 49.1 Å². The summed E-state index contributed by atoms with van der Waals surface area (Å²) < 4.78 is 1.83. The number of benzene rings is 1. The second-order valence-corrected chi connectivity index (χ2v) is 9.11. The van der Waals surface area contributed by atoms with E-state index in [4.69, 9.17) is 0 Å². The Hall–Kier alpha value is -3.42. The topological polar surface area (TPSA) is 70.4 Å². The highest BCUT2D eigenvalue weighted by Gasteiger charge is 2.32. The Morgan fingerprint density at radius 2 is 1.73 bits per heavy atom. The highest BCUT2D eigenvalue weighted by atomic mass is 16.2. The molecule has 33 heavy (non-hydrogen) atoms. The molecule has 2 saturated heterocycles. The standard InChI is InChI=1S/C25H31N7O/c1-19-5-6-20(2)22(16-19)29-12-14-30(15-13-29)25(33)21-4-3-10-31(17-21)23-7-8-24(28-27-23)32-11-9-26-18-32/h5-9,11,16,18,21H,3-4,10,12-15,17H2,1-2H3. The maximum atomic E-state index is 13.3. The fourth-order valence-corrected chi connectivity index (χ4v) is 4.89. The number of amides is 1. The number of aromatic nitrogens is 4. The Balaban J connectivity index is 1.19. The minimum absolute atomic E-state index is 0.0149. The van der Waals surface area contributed by atoms with E-state index < -0.39 is 0 Å². The van der Waals surface area contributed by atoms with Gasteiger partial charge in [0.2, 0.25) is 5.91 Å². The van der Waals surface area contributed by atoms with Gasteiger partial charge in [0, 0.05) is 57.3 Å². The summed E-state index contributed by atoms with van der Waals surface area (Å²) in [6.07, 6.45) is 7.20. The third-order valence-corrected chi connectivity index (χ3v) is 6.80. The van der Waals surface area contributed by atoms with Gasteiger partial charge < -0.3 is 14.7 Å². The summed E-state index contributed by atoms with van der Waals surface area (Å²) in [6.45, 7) is 9.23. The molecule has 0 spiro atoms. The van der Waals surface area contributed by atoms with Crippen molar-refractivity contribution in [2.24, 2.45) is 5.92 Å². The molecule has 3 aromatic rings. The molecule has 1 atom stereocenters. The summed E-state index contributed by atoms with van der Waals surface area (Å²) in [4.78, 5) is 24.1. The number of piperazine rings is 1. The number of nitrogens with zero attached hydrogens (tertiary/aromatic N) is 7. The zero-order valence-electron chi connectivity index (χ0n) is 19.4. The van der Waals surface area contributed by atoms with Crippen molar-refractivity contribution in [1.29, 1.82) is 0 Å². The molecule has 1 unspecified atom stereocenters. The molecule has 8 nitrogen and oxygen atoms in total. The number of rotatable bonds is 4. The van der Waals surface area contributed by atoms with Gasteiger partial charge in [0.25, 0.3) is 0 Å².